The fourth-order valence-corrected chi connectivity index (χ4v) is 6.96. The van der Waals surface area contributed by atoms with E-state index in [1.165, 1.54) is 10.8 Å². The van der Waals surface area contributed by atoms with Crippen molar-refractivity contribution in [2.75, 3.05) is 0 Å². The first-order valence-electron chi connectivity index (χ1n) is 21.2. The van der Waals surface area contributed by atoms with Gasteiger partial charge in [0.25, 0.3) is 0 Å². The Balaban J connectivity index is 1.04. The lowest BCUT2D eigenvalue weighted by Crippen LogP contribution is -2.00. The van der Waals surface area contributed by atoms with Crippen molar-refractivity contribution in [2.45, 2.75) is 0 Å². The number of hydrogen-bond donors (Lipinski definition) is 0. The van der Waals surface area contributed by atoms with Crippen molar-refractivity contribution in [1.82, 2.24) is 15.0 Å². The maximum Gasteiger partial charge on any atom is 0.164 e. The molecule has 0 saturated carbocycles. The molecule has 252 valence electrons. The van der Waals surface area contributed by atoms with Crippen LogP contribution in [-0.2, 0) is 0 Å². The molecule has 1 heterocycles. The average Bonchev–Trinajstić information content (AvgIpc) is 3.31. The molecule has 0 fully saturated rings. The monoisotopic (exact) mass is 694 g/mol. The Bertz CT molecular complexity index is 3380. The van der Waals surface area contributed by atoms with Gasteiger partial charge in [0.1, 0.15) is 0 Å². The Labute approximate surface area is 323 Å². The van der Waals surface area contributed by atoms with E-state index in [4.69, 9.17) is 24.5 Å². The van der Waals surface area contributed by atoms with Crippen LogP contribution in [0.5, 0.6) is 0 Å². The molecular weight excluding hydrogens is 655 g/mol. The number of benzene rings is 9. The van der Waals surface area contributed by atoms with E-state index in [0.29, 0.717) is 23.0 Å². The highest BCUT2D eigenvalue weighted by Crippen LogP contribution is 2.33. The van der Waals surface area contributed by atoms with Crippen molar-refractivity contribution in [3.05, 3.63) is 200 Å². The van der Waals surface area contributed by atoms with Gasteiger partial charge in [-0.2, -0.15) is 0 Å². The minimum atomic E-state index is -0.492. The number of aromatic nitrogens is 3. The summed E-state index contributed by atoms with van der Waals surface area (Å²) in [6.45, 7) is 0. The van der Waals surface area contributed by atoms with Gasteiger partial charge in [0.15, 0.2) is 17.5 Å². The average molecular weight is 695 g/mol. The van der Waals surface area contributed by atoms with Crippen molar-refractivity contribution < 1.29 is 9.60 Å². The molecular formula is C51H33N3. The van der Waals surface area contributed by atoms with Crippen LogP contribution >= 0.6 is 0 Å². The predicted octanol–water partition coefficient (Wildman–Crippen LogP) is 13.3. The van der Waals surface area contributed by atoms with Gasteiger partial charge in [-0.3, -0.25) is 0 Å². The second-order valence-corrected chi connectivity index (χ2v) is 13.1. The Kier molecular flexibility index (Phi) is 6.17. The van der Waals surface area contributed by atoms with Crippen LogP contribution in [0.4, 0.5) is 0 Å². The van der Waals surface area contributed by atoms with Crippen LogP contribution in [0.2, 0.25) is 0 Å². The summed E-state index contributed by atoms with van der Waals surface area (Å²) >= 11 is 0. The van der Waals surface area contributed by atoms with Gasteiger partial charge in [-0.05, 0) is 83.9 Å². The zero-order valence-corrected chi connectivity index (χ0v) is 28.9. The van der Waals surface area contributed by atoms with Crippen LogP contribution in [0.15, 0.2) is 200 Å². The first kappa shape index (κ1) is 24.9. The molecule has 0 bridgehead atoms. The largest absolute Gasteiger partial charge is 0.208 e. The van der Waals surface area contributed by atoms with Gasteiger partial charge in [-0.1, -0.05) is 182 Å². The van der Waals surface area contributed by atoms with Crippen molar-refractivity contribution in [3.63, 3.8) is 0 Å². The molecule has 1 aromatic heterocycles. The van der Waals surface area contributed by atoms with Crippen molar-refractivity contribution in [1.29, 1.82) is 0 Å². The highest BCUT2D eigenvalue weighted by Gasteiger charge is 2.14. The van der Waals surface area contributed by atoms with Gasteiger partial charge in [0.05, 0.1) is 9.60 Å². The van der Waals surface area contributed by atoms with Crippen molar-refractivity contribution in [2.24, 2.45) is 0 Å². The van der Waals surface area contributed by atoms with Gasteiger partial charge < -0.3 is 0 Å². The Hall–Kier alpha value is -7.23. The lowest BCUT2D eigenvalue weighted by molar-refractivity contribution is 1.07. The summed E-state index contributed by atoms with van der Waals surface area (Å²) in [6.07, 6.45) is 0. The Morgan fingerprint density at radius 3 is 1.67 bits per heavy atom. The van der Waals surface area contributed by atoms with Gasteiger partial charge in [0, 0.05) is 16.7 Å². The maximum absolute atomic E-state index is 8.97. The van der Waals surface area contributed by atoms with E-state index in [1.807, 2.05) is 60.7 Å². The summed E-state index contributed by atoms with van der Waals surface area (Å²) < 4.78 is 59.5. The van der Waals surface area contributed by atoms with Gasteiger partial charge in [-0.25, -0.2) is 15.0 Å². The summed E-state index contributed by atoms with van der Waals surface area (Å²) in [5, 5.41) is 4.37. The van der Waals surface area contributed by atoms with Crippen LogP contribution in [-0.4, -0.2) is 15.0 Å². The minimum absolute atomic E-state index is 0.0701. The van der Waals surface area contributed by atoms with Gasteiger partial charge in [-0.15, -0.1) is 0 Å². The molecule has 0 saturated heterocycles. The lowest BCUT2D eigenvalue weighted by Gasteiger charge is -2.11. The zero-order valence-electron chi connectivity index (χ0n) is 35.9. The third kappa shape index (κ3) is 5.98. The summed E-state index contributed by atoms with van der Waals surface area (Å²) in [4.78, 5) is 15.1. The number of nitrogens with zero attached hydrogens (tertiary/aromatic N) is 3. The molecule has 0 aliphatic heterocycles. The van der Waals surface area contributed by atoms with E-state index in [0.717, 1.165) is 49.7 Å². The molecule has 3 heteroatoms. The molecule has 0 atom stereocenters. The quantitative estimate of drug-likeness (QED) is 0.174. The summed E-state index contributed by atoms with van der Waals surface area (Å²) in [5.74, 6) is 1.59. The molecule has 3 nitrogen and oxygen atoms in total. The molecule has 0 spiro atoms. The highest BCUT2D eigenvalue weighted by atomic mass is 15.0. The molecule has 10 rings (SSSR count). The van der Waals surface area contributed by atoms with E-state index >= 15 is 0 Å². The molecule has 0 radical (unpaired) electrons. The standard InChI is InChI=1S/C51H33N3/c1-3-12-41-31-44(29-23-34(41)9-1)37-21-19-36(20-22-37)43-15-7-16-45(32-43)50-52-49(53-51(54-50)46-30-24-35-10-2-4-13-42(35)33-46)40-27-25-39(26-28-40)48-18-8-14-38-11-5-6-17-47(38)48/h1-33H/i1D,3D,9D,12D,23D,29D,31D. The van der Waals surface area contributed by atoms with E-state index in [9.17, 15) is 0 Å². The van der Waals surface area contributed by atoms with Crippen LogP contribution in [0, 0.1) is 0 Å². The number of fused-ring (bicyclic) bond motifs is 3. The van der Waals surface area contributed by atoms with Crippen LogP contribution in [0.1, 0.15) is 9.60 Å². The minimum Gasteiger partial charge on any atom is -0.208 e. The van der Waals surface area contributed by atoms with Gasteiger partial charge >= 0.3 is 0 Å². The number of rotatable bonds is 6. The number of hydrogen-bond acceptors (Lipinski definition) is 3. The Morgan fingerprint density at radius 2 is 0.870 bits per heavy atom. The molecule has 9 aromatic carbocycles. The Morgan fingerprint density at radius 1 is 0.315 bits per heavy atom. The molecule has 54 heavy (non-hydrogen) atoms. The topological polar surface area (TPSA) is 38.7 Å². The second-order valence-electron chi connectivity index (χ2n) is 13.1. The molecule has 0 unspecified atom stereocenters. The molecule has 0 N–H and O–H groups in total. The first-order valence-corrected chi connectivity index (χ1v) is 17.7. The molecule has 0 aliphatic rings. The summed E-state index contributed by atoms with van der Waals surface area (Å²) in [7, 11) is 0. The summed E-state index contributed by atoms with van der Waals surface area (Å²) in [6, 6.07) is 50.0. The van der Waals surface area contributed by atoms with Crippen LogP contribution in [0.25, 0.3) is 99.9 Å². The lowest BCUT2D eigenvalue weighted by atomic mass is 9.97. The predicted molar refractivity (Wildman–Crippen MR) is 225 cm³/mol. The van der Waals surface area contributed by atoms with E-state index < -0.39 is 24.2 Å². The third-order valence-corrected chi connectivity index (χ3v) is 9.76. The smallest absolute Gasteiger partial charge is 0.164 e. The second kappa shape index (κ2) is 13.4. The van der Waals surface area contributed by atoms with Crippen molar-refractivity contribution in [3.8, 4) is 67.5 Å². The van der Waals surface area contributed by atoms with E-state index in [2.05, 4.69) is 84.9 Å². The fourth-order valence-electron chi connectivity index (χ4n) is 6.96. The SMILES string of the molecule is [2H]c1c([2H])c([2H])c2c([2H])c(-c3ccc(-c4cccc(-c5nc(-c6ccc(-c7cccc8ccccc78)cc6)nc(-c6ccc7ccccc7c6)n5)c4)cc3)c([2H])c([2H])c2c1[2H]. The molecule has 10 aromatic rings. The first-order chi connectivity index (χ1) is 29.6. The third-order valence-electron chi connectivity index (χ3n) is 9.76. The maximum atomic E-state index is 8.97. The van der Waals surface area contributed by atoms with Gasteiger partial charge in [0.2, 0.25) is 0 Å². The normalized spacial score (nSPS) is 13.1. The van der Waals surface area contributed by atoms with E-state index in [1.54, 1.807) is 12.1 Å². The molecule has 0 amide bonds. The van der Waals surface area contributed by atoms with E-state index in [-0.39, 0.29) is 34.5 Å². The fraction of sp³-hybridized carbons (Fsp3) is 0. The van der Waals surface area contributed by atoms with Crippen LogP contribution < -0.4 is 0 Å². The highest BCUT2D eigenvalue weighted by molar-refractivity contribution is 5.97. The zero-order chi connectivity index (χ0) is 41.9. The van der Waals surface area contributed by atoms with Crippen LogP contribution in [0.3, 0.4) is 0 Å². The summed E-state index contributed by atoms with van der Waals surface area (Å²) in [5.41, 5.74) is 7.10. The van der Waals surface area contributed by atoms with Crippen molar-refractivity contribution >= 4 is 32.3 Å². The molecule has 0 aliphatic carbocycles.